The van der Waals surface area contributed by atoms with Gasteiger partial charge in [-0.25, -0.2) is 17.8 Å². The number of pyridine rings is 1. The van der Waals surface area contributed by atoms with Crippen molar-refractivity contribution in [2.24, 2.45) is 5.73 Å². The van der Waals surface area contributed by atoms with Gasteiger partial charge >= 0.3 is 0 Å². The molecule has 1 heterocycles. The smallest absolute Gasteiger partial charge is 0.263 e. The van der Waals surface area contributed by atoms with Crippen LogP contribution in [-0.4, -0.2) is 19.9 Å². The second-order valence-corrected chi connectivity index (χ2v) is 5.68. The van der Waals surface area contributed by atoms with Gasteiger partial charge < -0.3 is 5.73 Å². The van der Waals surface area contributed by atoms with Crippen molar-refractivity contribution < 1.29 is 12.8 Å². The minimum Gasteiger partial charge on any atom is -0.320 e. The maximum absolute atomic E-state index is 12.7. The van der Waals surface area contributed by atoms with E-state index in [9.17, 15) is 12.8 Å². The number of halogens is 1. The molecule has 1 aromatic carbocycles. The van der Waals surface area contributed by atoms with Gasteiger partial charge in [0.2, 0.25) is 0 Å². The molecule has 0 atom stereocenters. The lowest BCUT2D eigenvalue weighted by molar-refractivity contribution is 0.600. The zero-order chi connectivity index (χ0) is 15.3. The third-order valence-corrected chi connectivity index (χ3v) is 3.84. The summed E-state index contributed by atoms with van der Waals surface area (Å²) in [5, 5.41) is 0. The number of benzene rings is 1. The number of nitrogens with two attached hydrogens (primary N) is 1. The second kappa shape index (κ2) is 6.35. The summed E-state index contributed by atoms with van der Waals surface area (Å²) >= 11 is 0. The maximum atomic E-state index is 12.7. The molecule has 108 valence electrons. The third kappa shape index (κ3) is 4.02. The van der Waals surface area contributed by atoms with Crippen molar-refractivity contribution in [1.82, 2.24) is 4.98 Å². The molecule has 5 nitrogen and oxygen atoms in total. The van der Waals surface area contributed by atoms with Crippen molar-refractivity contribution in [2.75, 3.05) is 11.3 Å². The molecule has 3 N–H and O–H groups in total. The van der Waals surface area contributed by atoms with Crippen LogP contribution in [0.1, 0.15) is 5.56 Å². The summed E-state index contributed by atoms with van der Waals surface area (Å²) in [6.45, 7) is 0.234. The van der Waals surface area contributed by atoms with Crippen LogP contribution in [0.3, 0.4) is 0 Å². The molecule has 0 aliphatic rings. The molecule has 0 saturated carbocycles. The lowest BCUT2D eigenvalue weighted by Crippen LogP contribution is -2.13. The Morgan fingerprint density at radius 3 is 2.48 bits per heavy atom. The van der Waals surface area contributed by atoms with Crippen molar-refractivity contribution in [3.8, 4) is 11.8 Å². The average Bonchev–Trinajstić information content (AvgIpc) is 2.48. The Kier molecular flexibility index (Phi) is 4.52. The van der Waals surface area contributed by atoms with Gasteiger partial charge in [-0.15, -0.1) is 0 Å². The zero-order valence-electron chi connectivity index (χ0n) is 10.9. The lowest BCUT2D eigenvalue weighted by atomic mass is 10.2. The molecule has 0 aliphatic carbocycles. The Balaban J connectivity index is 2.21. The number of hydrogen-bond donors (Lipinski definition) is 2. The number of aromatic nitrogens is 1. The molecular weight excluding hydrogens is 293 g/mol. The molecule has 7 heteroatoms. The highest BCUT2D eigenvalue weighted by molar-refractivity contribution is 7.92. The molecule has 0 spiro atoms. The highest BCUT2D eigenvalue weighted by atomic mass is 32.2. The van der Waals surface area contributed by atoms with Gasteiger partial charge in [-0.1, -0.05) is 11.8 Å². The van der Waals surface area contributed by atoms with Gasteiger partial charge in [-0.3, -0.25) is 4.72 Å². The van der Waals surface area contributed by atoms with E-state index in [1.54, 1.807) is 12.1 Å². The number of rotatable bonds is 3. The van der Waals surface area contributed by atoms with E-state index < -0.39 is 15.8 Å². The molecule has 0 radical (unpaired) electrons. The van der Waals surface area contributed by atoms with E-state index in [0.717, 1.165) is 12.3 Å². The number of anilines is 1. The highest BCUT2D eigenvalue weighted by Gasteiger charge is 2.14. The second-order valence-electron chi connectivity index (χ2n) is 4.00. The van der Waals surface area contributed by atoms with E-state index in [1.807, 2.05) is 0 Å². The molecule has 2 aromatic rings. The van der Waals surface area contributed by atoms with E-state index in [0.29, 0.717) is 5.56 Å². The van der Waals surface area contributed by atoms with E-state index >= 15 is 0 Å². The number of nitrogens with one attached hydrogen (secondary N) is 1. The topological polar surface area (TPSA) is 85.1 Å². The van der Waals surface area contributed by atoms with Gasteiger partial charge in [-0.2, -0.15) is 0 Å². The van der Waals surface area contributed by atoms with Gasteiger partial charge in [0.15, 0.2) is 0 Å². The van der Waals surface area contributed by atoms with E-state index in [4.69, 9.17) is 5.73 Å². The largest absolute Gasteiger partial charge is 0.320 e. The molecule has 0 amide bonds. The summed E-state index contributed by atoms with van der Waals surface area (Å²) < 4.78 is 39.2. The lowest BCUT2D eigenvalue weighted by Gasteiger charge is -2.07. The minimum atomic E-state index is -3.77. The first-order chi connectivity index (χ1) is 10.0. The highest BCUT2D eigenvalue weighted by Crippen LogP contribution is 2.15. The first kappa shape index (κ1) is 15.0. The van der Waals surface area contributed by atoms with Crippen molar-refractivity contribution in [1.29, 1.82) is 0 Å². The SMILES string of the molecule is NCC#Cc1ccc(S(=O)(=O)Nc2ccc(F)cn2)cc1. The molecule has 0 bridgehead atoms. The first-order valence-electron chi connectivity index (χ1n) is 5.94. The van der Waals surface area contributed by atoms with Crippen LogP contribution < -0.4 is 10.5 Å². The third-order valence-electron chi connectivity index (χ3n) is 2.47. The van der Waals surface area contributed by atoms with E-state index in [2.05, 4.69) is 21.5 Å². The minimum absolute atomic E-state index is 0.0448. The van der Waals surface area contributed by atoms with E-state index in [-0.39, 0.29) is 17.3 Å². The van der Waals surface area contributed by atoms with Gasteiger partial charge in [0, 0.05) is 5.56 Å². The molecule has 21 heavy (non-hydrogen) atoms. The van der Waals surface area contributed by atoms with Crippen molar-refractivity contribution >= 4 is 15.8 Å². The van der Waals surface area contributed by atoms with Crippen molar-refractivity contribution in [2.45, 2.75) is 4.90 Å². The molecule has 0 saturated heterocycles. The van der Waals surface area contributed by atoms with Crippen molar-refractivity contribution in [3.63, 3.8) is 0 Å². The normalized spacial score (nSPS) is 10.6. The zero-order valence-corrected chi connectivity index (χ0v) is 11.7. The van der Waals surface area contributed by atoms with Gasteiger partial charge in [0.05, 0.1) is 17.6 Å². The molecule has 1 aromatic heterocycles. The van der Waals surface area contributed by atoms with Crippen LogP contribution in [0.2, 0.25) is 0 Å². The Labute approximate surface area is 122 Å². The summed E-state index contributed by atoms with van der Waals surface area (Å²) in [6, 6.07) is 8.37. The van der Waals surface area contributed by atoms with Crippen molar-refractivity contribution in [3.05, 3.63) is 54.0 Å². The number of hydrogen-bond acceptors (Lipinski definition) is 4. The summed E-state index contributed by atoms with van der Waals surface area (Å²) in [5.41, 5.74) is 5.92. The molecule has 0 aliphatic heterocycles. The molecule has 2 rings (SSSR count). The molecule has 0 unspecified atom stereocenters. The Bertz CT molecular complexity index is 776. The fourth-order valence-electron chi connectivity index (χ4n) is 1.50. The van der Waals surface area contributed by atoms with E-state index in [1.165, 1.54) is 18.2 Å². The Morgan fingerprint density at radius 1 is 1.19 bits per heavy atom. The van der Waals surface area contributed by atoms with Crippen LogP contribution in [0.4, 0.5) is 10.2 Å². The molecule has 0 fully saturated rings. The van der Waals surface area contributed by atoms with Crippen LogP contribution in [-0.2, 0) is 10.0 Å². The predicted molar refractivity (Wildman–Crippen MR) is 77.4 cm³/mol. The van der Waals surface area contributed by atoms with Gasteiger partial charge in [0.1, 0.15) is 11.6 Å². The number of nitrogens with zero attached hydrogens (tertiary/aromatic N) is 1. The van der Waals surface area contributed by atoms with Gasteiger partial charge in [-0.05, 0) is 36.4 Å². The van der Waals surface area contributed by atoms with Crippen LogP contribution in [0.15, 0.2) is 47.5 Å². The first-order valence-corrected chi connectivity index (χ1v) is 7.43. The summed E-state index contributed by atoms with van der Waals surface area (Å²) in [4.78, 5) is 3.71. The Hall–Kier alpha value is -2.43. The Morgan fingerprint density at radius 2 is 1.90 bits per heavy atom. The summed E-state index contributed by atoms with van der Waals surface area (Å²) in [7, 11) is -3.77. The predicted octanol–water partition coefficient (Wildman–Crippen LogP) is 1.33. The van der Waals surface area contributed by atoms with Crippen LogP contribution in [0.5, 0.6) is 0 Å². The monoisotopic (exact) mass is 305 g/mol. The van der Waals surface area contributed by atoms with Crippen LogP contribution >= 0.6 is 0 Å². The fraction of sp³-hybridized carbons (Fsp3) is 0.0714. The fourth-order valence-corrected chi connectivity index (χ4v) is 2.51. The van der Waals surface area contributed by atoms with Gasteiger partial charge in [0.25, 0.3) is 10.0 Å². The number of sulfonamides is 1. The summed E-state index contributed by atoms with van der Waals surface area (Å²) in [6.07, 6.45) is 0.934. The average molecular weight is 305 g/mol. The molecular formula is C14H12FN3O2S. The quantitative estimate of drug-likeness (QED) is 0.838. The van der Waals surface area contributed by atoms with Crippen LogP contribution in [0, 0.1) is 17.7 Å². The maximum Gasteiger partial charge on any atom is 0.263 e. The van der Waals surface area contributed by atoms with Crippen LogP contribution in [0.25, 0.3) is 0 Å². The standard InChI is InChI=1S/C14H12FN3O2S/c15-12-5-8-14(17-10-12)18-21(19,20)13-6-3-11(4-7-13)2-1-9-16/h3-8,10H,9,16H2,(H,17,18). The summed E-state index contributed by atoms with van der Waals surface area (Å²) in [5.74, 6) is 4.97.